The largest absolute Gasteiger partial charge is 0.309 e. The Hall–Kier alpha value is -7.01. The molecule has 0 unspecified atom stereocenters. The molecule has 0 aliphatic heterocycles. The van der Waals surface area contributed by atoms with E-state index >= 15 is 0 Å². The van der Waals surface area contributed by atoms with Gasteiger partial charge in [-0.15, -0.1) is 11.3 Å². The van der Waals surface area contributed by atoms with Crippen LogP contribution < -0.4 is 4.57 Å². The van der Waals surface area contributed by atoms with Crippen LogP contribution in [0.2, 0.25) is 0 Å². The van der Waals surface area contributed by atoms with Crippen LogP contribution in [0.1, 0.15) is 0 Å². The van der Waals surface area contributed by atoms with Gasteiger partial charge in [0.1, 0.15) is 0 Å². The van der Waals surface area contributed by atoms with Crippen LogP contribution in [-0.4, -0.2) is 9.13 Å². The van der Waals surface area contributed by atoms with Crippen molar-refractivity contribution in [3.63, 3.8) is 0 Å². The number of rotatable bonds is 4. The van der Waals surface area contributed by atoms with Gasteiger partial charge in [0.15, 0.2) is 12.4 Å². The van der Waals surface area contributed by atoms with E-state index in [0.717, 1.165) is 17.1 Å². The van der Waals surface area contributed by atoms with Crippen molar-refractivity contribution < 1.29 is 4.57 Å². The number of fused-ring (bicyclic) bond motifs is 12. The normalized spacial score (nSPS) is 12.0. The first-order valence-corrected chi connectivity index (χ1v) is 19.6. The molecule has 4 aromatic heterocycles. The minimum Gasteiger partial charge on any atom is -0.309 e. The van der Waals surface area contributed by atoms with E-state index in [4.69, 9.17) is 0 Å². The van der Waals surface area contributed by atoms with Crippen molar-refractivity contribution in [3.8, 4) is 28.2 Å². The van der Waals surface area contributed by atoms with E-state index in [0.29, 0.717) is 0 Å². The lowest BCUT2D eigenvalue weighted by atomic mass is 10.0. The van der Waals surface area contributed by atoms with Crippen LogP contribution in [-0.2, 0) is 0 Å². The number of hydrogen-bond donors (Lipinski definition) is 0. The Kier molecular flexibility index (Phi) is 6.50. The number of para-hydroxylation sites is 2. The van der Waals surface area contributed by atoms with Gasteiger partial charge in [0.2, 0.25) is 5.69 Å². The first-order valence-electron chi connectivity index (χ1n) is 18.8. The summed E-state index contributed by atoms with van der Waals surface area (Å²) in [5, 5.41) is 10.2. The van der Waals surface area contributed by atoms with Crippen molar-refractivity contribution in [2.24, 2.45) is 0 Å². The highest BCUT2D eigenvalue weighted by Crippen LogP contribution is 2.46. The number of hydrogen-bond acceptors (Lipinski definition) is 1. The van der Waals surface area contributed by atoms with Crippen LogP contribution in [0.25, 0.3) is 103 Å². The quantitative estimate of drug-likeness (QED) is 0.161. The summed E-state index contributed by atoms with van der Waals surface area (Å²) in [6.07, 6.45) is 4.38. The third kappa shape index (κ3) is 4.52. The molecule has 0 radical (unpaired) electrons. The molecule has 256 valence electrons. The van der Waals surface area contributed by atoms with Crippen molar-refractivity contribution in [1.82, 2.24) is 9.13 Å². The van der Waals surface area contributed by atoms with Crippen molar-refractivity contribution in [3.05, 3.63) is 194 Å². The molecule has 4 heterocycles. The molecule has 0 spiro atoms. The Bertz CT molecular complexity index is 3460. The number of nitrogens with zero attached hydrogens (tertiary/aromatic N) is 3. The van der Waals surface area contributed by atoms with E-state index < -0.39 is 0 Å². The molecule has 0 saturated carbocycles. The molecule has 4 heteroatoms. The molecule has 0 bridgehead atoms. The van der Waals surface area contributed by atoms with Gasteiger partial charge >= 0.3 is 0 Å². The van der Waals surface area contributed by atoms with E-state index in [1.807, 2.05) is 11.3 Å². The van der Waals surface area contributed by atoms with Crippen LogP contribution in [0, 0.1) is 0 Å². The van der Waals surface area contributed by atoms with Crippen LogP contribution in [0.3, 0.4) is 0 Å². The molecule has 12 rings (SSSR count). The summed E-state index contributed by atoms with van der Waals surface area (Å²) < 4.78 is 9.83. The van der Waals surface area contributed by atoms with E-state index in [2.05, 4.69) is 208 Å². The molecule has 12 aromatic rings. The second-order valence-electron chi connectivity index (χ2n) is 14.4. The molecule has 8 aromatic carbocycles. The van der Waals surface area contributed by atoms with Gasteiger partial charge in [-0.25, -0.2) is 0 Å². The Labute approximate surface area is 320 Å². The Morgan fingerprint density at radius 3 is 1.89 bits per heavy atom. The highest BCUT2D eigenvalue weighted by Gasteiger charge is 2.23. The zero-order chi connectivity index (χ0) is 36.0. The third-order valence-electron chi connectivity index (χ3n) is 11.4. The van der Waals surface area contributed by atoms with E-state index in [1.54, 1.807) is 0 Å². The lowest BCUT2D eigenvalue weighted by Gasteiger charge is -2.10. The molecular formula is C51H32N3S+. The topological polar surface area (TPSA) is 13.7 Å². The van der Waals surface area contributed by atoms with Crippen LogP contribution in [0.5, 0.6) is 0 Å². The fourth-order valence-corrected chi connectivity index (χ4v) is 10.2. The maximum atomic E-state index is 2.51. The van der Waals surface area contributed by atoms with Crippen molar-refractivity contribution in [2.75, 3.05) is 0 Å². The summed E-state index contributed by atoms with van der Waals surface area (Å²) in [5.41, 5.74) is 10.7. The summed E-state index contributed by atoms with van der Waals surface area (Å²) in [7, 11) is 0. The second-order valence-corrected chi connectivity index (χ2v) is 15.4. The summed E-state index contributed by atoms with van der Waals surface area (Å²) in [5.74, 6) is 0. The number of pyridine rings is 1. The Morgan fingerprint density at radius 2 is 1.07 bits per heavy atom. The highest BCUT2D eigenvalue weighted by atomic mass is 32.1. The number of aromatic nitrogens is 3. The lowest BCUT2D eigenvalue weighted by molar-refractivity contribution is -0.595. The molecule has 0 aliphatic carbocycles. The average molecular weight is 719 g/mol. The van der Waals surface area contributed by atoms with Gasteiger partial charge in [0.05, 0.1) is 26.8 Å². The number of thiophene rings is 1. The van der Waals surface area contributed by atoms with Crippen molar-refractivity contribution in [2.45, 2.75) is 0 Å². The second kappa shape index (κ2) is 11.7. The zero-order valence-corrected chi connectivity index (χ0v) is 30.5. The lowest BCUT2D eigenvalue weighted by Crippen LogP contribution is -2.29. The van der Waals surface area contributed by atoms with Crippen LogP contribution >= 0.6 is 11.3 Å². The molecule has 0 N–H and O–H groups in total. The Balaban J connectivity index is 1.19. The smallest absolute Gasteiger partial charge is 0.211 e. The van der Waals surface area contributed by atoms with Gasteiger partial charge in [-0.3, -0.25) is 0 Å². The molecule has 0 amide bonds. The zero-order valence-electron chi connectivity index (χ0n) is 29.7. The van der Waals surface area contributed by atoms with Crippen molar-refractivity contribution in [1.29, 1.82) is 0 Å². The molecular weight excluding hydrogens is 687 g/mol. The first kappa shape index (κ1) is 30.5. The Morgan fingerprint density at radius 1 is 0.418 bits per heavy atom. The van der Waals surface area contributed by atoms with Crippen molar-refractivity contribution >= 4 is 85.9 Å². The van der Waals surface area contributed by atoms with E-state index in [9.17, 15) is 0 Å². The minimum atomic E-state index is 1.13. The maximum Gasteiger partial charge on any atom is 0.211 e. The summed E-state index contributed by atoms with van der Waals surface area (Å²) in [6, 6.07) is 66.5. The average Bonchev–Trinajstić information content (AvgIpc) is 3.91. The molecule has 0 saturated heterocycles. The monoisotopic (exact) mass is 718 g/mol. The molecule has 0 aliphatic rings. The fourth-order valence-electron chi connectivity index (χ4n) is 8.90. The van der Waals surface area contributed by atoms with E-state index in [-0.39, 0.29) is 0 Å². The third-order valence-corrected chi connectivity index (χ3v) is 12.5. The maximum absolute atomic E-state index is 2.51. The van der Waals surface area contributed by atoms with Gasteiger partial charge in [-0.05, 0) is 70.9 Å². The van der Waals surface area contributed by atoms with Gasteiger partial charge in [-0.1, -0.05) is 109 Å². The van der Waals surface area contributed by atoms with Gasteiger partial charge in [-0.2, -0.15) is 4.57 Å². The standard InChI is InChI=1S/C51H32N3S/c1-4-13-33(14-5-1)35-16-12-28-52(32-35)38-23-26-45-42(29-38)44-30-43-40-24-25-41-49-39-21-11-10-15-34(39)22-27-48(49)55-51(41)50(40)54(37-19-8-3-9-20-37)47(43)31-46(44)53(45)36-17-6-2-7-18-36/h1-32H/q+1. The van der Waals surface area contributed by atoms with Crippen LogP contribution in [0.4, 0.5) is 0 Å². The van der Waals surface area contributed by atoms with Crippen LogP contribution in [0.15, 0.2) is 194 Å². The SMILES string of the molecule is c1ccc(-c2ccc[n+](-c3ccc4c(c3)c3cc5c6ccc7c(sc8ccc9ccccc9c87)c6n(-c6ccccc6)c5cc3n4-c3ccccc3)c2)cc1. The summed E-state index contributed by atoms with van der Waals surface area (Å²) in [4.78, 5) is 0. The summed E-state index contributed by atoms with van der Waals surface area (Å²) in [6.45, 7) is 0. The van der Waals surface area contributed by atoms with Gasteiger partial charge < -0.3 is 9.13 Å². The molecule has 0 fully saturated rings. The summed E-state index contributed by atoms with van der Waals surface area (Å²) >= 11 is 1.91. The fraction of sp³-hybridized carbons (Fsp3) is 0. The predicted octanol–water partition coefficient (Wildman–Crippen LogP) is 13.3. The van der Waals surface area contributed by atoms with Gasteiger partial charge in [0, 0.05) is 72.2 Å². The predicted molar refractivity (Wildman–Crippen MR) is 232 cm³/mol. The number of benzene rings is 8. The molecule has 0 atom stereocenters. The first-order chi connectivity index (χ1) is 27.3. The minimum absolute atomic E-state index is 1.13. The van der Waals surface area contributed by atoms with Gasteiger partial charge in [0.25, 0.3) is 0 Å². The molecule has 55 heavy (non-hydrogen) atoms. The molecule has 3 nitrogen and oxygen atoms in total. The highest BCUT2D eigenvalue weighted by molar-refractivity contribution is 7.26. The van der Waals surface area contributed by atoms with E-state index in [1.165, 1.54) is 85.7 Å².